The summed E-state index contributed by atoms with van der Waals surface area (Å²) in [5.74, 6) is 0.0275. The fraction of sp³-hybridized carbons (Fsp3) is 0.714. The molecule has 0 saturated heterocycles. The average Bonchev–Trinajstić information content (AvgIpc) is 1.97. The van der Waals surface area contributed by atoms with E-state index in [-0.39, 0.29) is 5.91 Å². The van der Waals surface area contributed by atoms with Crippen LogP contribution >= 0.6 is 12.2 Å². The van der Waals surface area contributed by atoms with E-state index in [4.69, 9.17) is 5.73 Å². The lowest BCUT2D eigenvalue weighted by atomic mass is 10.3. The number of nitrogens with one attached hydrogen (secondary N) is 1. The Morgan fingerprint density at radius 1 is 1.55 bits per heavy atom. The Kier molecular flexibility index (Phi) is 5.74. The molecule has 11 heavy (non-hydrogen) atoms. The predicted octanol–water partition coefficient (Wildman–Crippen LogP) is 0.579. The maximum Gasteiger partial charge on any atom is 0.220 e. The van der Waals surface area contributed by atoms with Crippen LogP contribution in [0.15, 0.2) is 0 Å². The minimum absolute atomic E-state index is 0.0275. The van der Waals surface area contributed by atoms with Crippen molar-refractivity contribution < 1.29 is 4.79 Å². The summed E-state index contributed by atoms with van der Waals surface area (Å²) in [5.41, 5.74) is 5.22. The molecule has 0 aromatic carbocycles. The van der Waals surface area contributed by atoms with Gasteiger partial charge in [-0.25, -0.2) is 0 Å². The van der Waals surface area contributed by atoms with Crippen LogP contribution in [0.5, 0.6) is 0 Å². The first-order valence-corrected chi connectivity index (χ1v) is 4.12. The van der Waals surface area contributed by atoms with Crippen molar-refractivity contribution in [2.45, 2.75) is 26.2 Å². The molecule has 3 nitrogen and oxygen atoms in total. The van der Waals surface area contributed by atoms with Crippen LogP contribution < -0.4 is 11.1 Å². The number of amides is 1. The Labute approximate surface area is 72.3 Å². The second-order valence-corrected chi connectivity index (χ2v) is 2.84. The maximum atomic E-state index is 10.9. The molecule has 4 heteroatoms. The minimum atomic E-state index is 0.0275. The molecular weight excluding hydrogens is 160 g/mol. The highest BCUT2D eigenvalue weighted by Gasteiger charge is 1.99. The molecule has 0 fully saturated rings. The standard InChI is InChI=1S/C7H14N2OS/c1-2-5-9-7(10)4-3-6(8)11/h2-5H2,1H3,(H2,8,11)(H,9,10). The number of carbonyl (C=O) groups excluding carboxylic acids is 1. The van der Waals surface area contributed by atoms with Crippen LogP contribution in [0.1, 0.15) is 26.2 Å². The zero-order chi connectivity index (χ0) is 8.69. The molecule has 0 aromatic rings. The zero-order valence-electron chi connectivity index (χ0n) is 6.72. The van der Waals surface area contributed by atoms with Crippen molar-refractivity contribution >= 4 is 23.1 Å². The SMILES string of the molecule is CCCNC(=O)CCC(N)=S. The largest absolute Gasteiger partial charge is 0.393 e. The molecule has 0 aliphatic heterocycles. The van der Waals surface area contributed by atoms with Gasteiger partial charge < -0.3 is 11.1 Å². The van der Waals surface area contributed by atoms with Gasteiger partial charge in [0.05, 0.1) is 4.99 Å². The van der Waals surface area contributed by atoms with Gasteiger partial charge in [0.25, 0.3) is 0 Å². The lowest BCUT2D eigenvalue weighted by Crippen LogP contribution is -2.25. The van der Waals surface area contributed by atoms with Crippen molar-refractivity contribution in [1.82, 2.24) is 5.32 Å². The summed E-state index contributed by atoms with van der Waals surface area (Å²) < 4.78 is 0. The van der Waals surface area contributed by atoms with Crippen LogP contribution in [0.25, 0.3) is 0 Å². The van der Waals surface area contributed by atoms with Crippen molar-refractivity contribution in [1.29, 1.82) is 0 Å². The molecule has 0 radical (unpaired) electrons. The third-order valence-corrected chi connectivity index (χ3v) is 1.37. The van der Waals surface area contributed by atoms with Crippen molar-refractivity contribution in [2.24, 2.45) is 5.73 Å². The summed E-state index contributed by atoms with van der Waals surface area (Å²) in [5, 5.41) is 2.73. The van der Waals surface area contributed by atoms with E-state index in [1.54, 1.807) is 0 Å². The summed E-state index contributed by atoms with van der Waals surface area (Å²) in [6.07, 6.45) is 1.87. The molecule has 0 bridgehead atoms. The molecule has 0 heterocycles. The Hall–Kier alpha value is -0.640. The van der Waals surface area contributed by atoms with Crippen molar-refractivity contribution in [2.75, 3.05) is 6.54 Å². The van der Waals surface area contributed by atoms with Gasteiger partial charge in [-0.15, -0.1) is 0 Å². The Bertz CT molecular complexity index is 147. The lowest BCUT2D eigenvalue weighted by Gasteiger charge is -2.01. The highest BCUT2D eigenvalue weighted by atomic mass is 32.1. The molecule has 1 amide bonds. The van der Waals surface area contributed by atoms with E-state index < -0.39 is 0 Å². The van der Waals surface area contributed by atoms with E-state index >= 15 is 0 Å². The van der Waals surface area contributed by atoms with Gasteiger partial charge in [0.2, 0.25) is 5.91 Å². The molecule has 0 saturated carbocycles. The highest BCUT2D eigenvalue weighted by molar-refractivity contribution is 7.80. The summed E-state index contributed by atoms with van der Waals surface area (Å²) in [6.45, 7) is 2.74. The van der Waals surface area contributed by atoms with Crippen molar-refractivity contribution in [3.63, 3.8) is 0 Å². The fourth-order valence-electron chi connectivity index (χ4n) is 0.590. The first kappa shape index (κ1) is 10.4. The van der Waals surface area contributed by atoms with Gasteiger partial charge in [0.15, 0.2) is 0 Å². The molecule has 0 aliphatic carbocycles. The number of carbonyl (C=O) groups is 1. The lowest BCUT2D eigenvalue weighted by molar-refractivity contribution is -0.120. The number of hydrogen-bond acceptors (Lipinski definition) is 2. The van der Waals surface area contributed by atoms with E-state index in [1.165, 1.54) is 0 Å². The summed E-state index contributed by atoms with van der Waals surface area (Å²) in [4.78, 5) is 11.3. The Balaban J connectivity index is 3.30. The highest BCUT2D eigenvalue weighted by Crippen LogP contribution is 1.88. The van der Waals surface area contributed by atoms with Crippen LogP contribution in [0.4, 0.5) is 0 Å². The normalized spacial score (nSPS) is 9.18. The molecule has 0 aromatic heterocycles. The van der Waals surface area contributed by atoms with Crippen LogP contribution in [0, 0.1) is 0 Å². The maximum absolute atomic E-state index is 10.9. The molecular formula is C7H14N2OS. The topological polar surface area (TPSA) is 55.1 Å². The van der Waals surface area contributed by atoms with Gasteiger partial charge in [0, 0.05) is 19.4 Å². The van der Waals surface area contributed by atoms with E-state index in [0.717, 1.165) is 13.0 Å². The van der Waals surface area contributed by atoms with Gasteiger partial charge in [-0.3, -0.25) is 4.79 Å². The molecule has 0 spiro atoms. The first-order valence-electron chi connectivity index (χ1n) is 3.71. The third-order valence-electron chi connectivity index (χ3n) is 1.17. The molecule has 0 atom stereocenters. The minimum Gasteiger partial charge on any atom is -0.393 e. The zero-order valence-corrected chi connectivity index (χ0v) is 7.54. The first-order chi connectivity index (χ1) is 5.16. The predicted molar refractivity (Wildman–Crippen MR) is 49.3 cm³/mol. The quantitative estimate of drug-likeness (QED) is 0.599. The summed E-state index contributed by atoms with van der Waals surface area (Å²) in [7, 11) is 0. The van der Waals surface area contributed by atoms with Gasteiger partial charge in [-0.2, -0.15) is 0 Å². The molecule has 0 unspecified atom stereocenters. The second-order valence-electron chi connectivity index (χ2n) is 2.32. The molecule has 0 rings (SSSR count). The molecule has 64 valence electrons. The molecule has 0 aliphatic rings. The van der Waals surface area contributed by atoms with Crippen LogP contribution in [-0.4, -0.2) is 17.4 Å². The number of nitrogens with two attached hydrogens (primary N) is 1. The number of rotatable bonds is 5. The Morgan fingerprint density at radius 3 is 2.64 bits per heavy atom. The van der Waals surface area contributed by atoms with E-state index in [1.807, 2.05) is 6.92 Å². The molecule has 3 N–H and O–H groups in total. The second kappa shape index (κ2) is 6.09. The van der Waals surface area contributed by atoms with Crippen molar-refractivity contribution in [3.8, 4) is 0 Å². The summed E-state index contributed by atoms with van der Waals surface area (Å²) >= 11 is 4.62. The number of hydrogen-bond donors (Lipinski definition) is 2. The van der Waals surface area contributed by atoms with E-state index in [9.17, 15) is 4.79 Å². The summed E-state index contributed by atoms with van der Waals surface area (Å²) in [6, 6.07) is 0. The van der Waals surface area contributed by atoms with Crippen LogP contribution in [0.3, 0.4) is 0 Å². The van der Waals surface area contributed by atoms with Gasteiger partial charge in [0.1, 0.15) is 0 Å². The van der Waals surface area contributed by atoms with Gasteiger partial charge in [-0.1, -0.05) is 19.1 Å². The van der Waals surface area contributed by atoms with Gasteiger partial charge in [-0.05, 0) is 6.42 Å². The third kappa shape index (κ3) is 7.25. The fourth-order valence-corrected chi connectivity index (χ4v) is 0.692. The van der Waals surface area contributed by atoms with Crippen molar-refractivity contribution in [3.05, 3.63) is 0 Å². The van der Waals surface area contributed by atoms with Crippen LogP contribution in [0.2, 0.25) is 0 Å². The number of thiocarbonyl (C=S) groups is 1. The van der Waals surface area contributed by atoms with Gasteiger partial charge >= 0.3 is 0 Å². The Morgan fingerprint density at radius 2 is 2.18 bits per heavy atom. The van der Waals surface area contributed by atoms with E-state index in [0.29, 0.717) is 17.8 Å². The van der Waals surface area contributed by atoms with E-state index in [2.05, 4.69) is 17.5 Å². The monoisotopic (exact) mass is 174 g/mol. The van der Waals surface area contributed by atoms with Crippen LogP contribution in [-0.2, 0) is 4.79 Å². The smallest absolute Gasteiger partial charge is 0.220 e. The average molecular weight is 174 g/mol.